The van der Waals surface area contributed by atoms with Gasteiger partial charge < -0.3 is 5.32 Å². The van der Waals surface area contributed by atoms with Gasteiger partial charge >= 0.3 is 0 Å². The third kappa shape index (κ3) is 2.99. The van der Waals surface area contributed by atoms with E-state index in [-0.39, 0.29) is 6.54 Å². The highest BCUT2D eigenvalue weighted by atomic mass is 32.2. The smallest absolute Gasteiger partial charge is 0.248 e. The van der Waals surface area contributed by atoms with Crippen LogP contribution in [0.3, 0.4) is 0 Å². The van der Waals surface area contributed by atoms with E-state index in [0.717, 1.165) is 22.5 Å². The van der Waals surface area contributed by atoms with Crippen LogP contribution in [0.25, 0.3) is 0 Å². The number of sulfonamides is 1. The molecule has 0 aliphatic heterocycles. The molecule has 0 heterocycles. The molecule has 0 atom stereocenters. The lowest BCUT2D eigenvalue weighted by Crippen LogP contribution is -2.33. The van der Waals surface area contributed by atoms with Gasteiger partial charge in [0.05, 0.1) is 0 Å². The van der Waals surface area contributed by atoms with Crippen LogP contribution in [0.4, 0.5) is 8.78 Å². The lowest BCUT2D eigenvalue weighted by molar-refractivity contribution is 0.448. The Morgan fingerprint density at radius 2 is 1.82 bits per heavy atom. The Hall–Kier alpha value is -1.05. The van der Waals surface area contributed by atoms with Crippen molar-refractivity contribution < 1.29 is 17.2 Å². The summed E-state index contributed by atoms with van der Waals surface area (Å²) in [4.78, 5) is -0.904. The van der Waals surface area contributed by atoms with Crippen molar-refractivity contribution in [2.75, 3.05) is 27.2 Å². The van der Waals surface area contributed by atoms with E-state index in [9.17, 15) is 17.2 Å². The van der Waals surface area contributed by atoms with E-state index in [1.165, 1.54) is 7.05 Å². The summed E-state index contributed by atoms with van der Waals surface area (Å²) in [6.45, 7) is 0.526. The number of halogens is 2. The predicted molar refractivity (Wildman–Crippen MR) is 60.1 cm³/mol. The molecule has 0 saturated heterocycles. The summed E-state index contributed by atoms with van der Waals surface area (Å²) in [5.74, 6) is -2.16. The second kappa shape index (κ2) is 5.52. The van der Waals surface area contributed by atoms with Crippen LogP contribution < -0.4 is 5.32 Å². The van der Waals surface area contributed by atoms with Crippen molar-refractivity contribution in [2.24, 2.45) is 0 Å². The van der Waals surface area contributed by atoms with Gasteiger partial charge in [-0.25, -0.2) is 17.2 Å². The Bertz CT molecular complexity index is 471. The van der Waals surface area contributed by atoms with Crippen molar-refractivity contribution in [3.8, 4) is 0 Å². The van der Waals surface area contributed by atoms with E-state index in [1.54, 1.807) is 7.05 Å². The Morgan fingerprint density at radius 1 is 1.29 bits per heavy atom. The zero-order chi connectivity index (χ0) is 13.1. The molecule has 1 aromatic rings. The summed E-state index contributed by atoms with van der Waals surface area (Å²) in [5.41, 5.74) is 0. The average molecular weight is 264 g/mol. The largest absolute Gasteiger partial charge is 0.318 e. The van der Waals surface area contributed by atoms with Crippen molar-refractivity contribution in [2.45, 2.75) is 4.90 Å². The van der Waals surface area contributed by atoms with Gasteiger partial charge in [-0.3, -0.25) is 0 Å². The minimum Gasteiger partial charge on any atom is -0.318 e. The normalized spacial score (nSPS) is 12.1. The molecule has 1 N–H and O–H groups in total. The monoisotopic (exact) mass is 264 g/mol. The Kier molecular flexibility index (Phi) is 4.55. The molecule has 0 radical (unpaired) electrons. The van der Waals surface area contributed by atoms with Gasteiger partial charge in [-0.15, -0.1) is 0 Å². The van der Waals surface area contributed by atoms with Gasteiger partial charge in [-0.1, -0.05) is 6.07 Å². The molecule has 1 rings (SSSR count). The number of nitrogens with one attached hydrogen (secondary N) is 1. The summed E-state index contributed by atoms with van der Waals surface area (Å²) in [7, 11) is -1.20. The van der Waals surface area contributed by atoms with E-state index in [2.05, 4.69) is 5.32 Å². The van der Waals surface area contributed by atoms with Crippen molar-refractivity contribution in [3.63, 3.8) is 0 Å². The standard InChI is InChI=1S/C10H14F2N2O2S/c1-13-6-7-14(2)17(15,16)10-8(11)4-3-5-9(10)12/h3-5,13H,6-7H2,1-2H3. The molecular weight excluding hydrogens is 250 g/mol. The molecule has 0 spiro atoms. The zero-order valence-electron chi connectivity index (χ0n) is 9.57. The minimum atomic E-state index is -4.13. The van der Waals surface area contributed by atoms with Gasteiger partial charge in [-0.05, 0) is 19.2 Å². The molecule has 0 bridgehead atoms. The van der Waals surface area contributed by atoms with Crippen LogP contribution >= 0.6 is 0 Å². The molecule has 0 amide bonds. The second-order valence-electron chi connectivity index (χ2n) is 3.48. The summed E-state index contributed by atoms with van der Waals surface area (Å²) in [6.07, 6.45) is 0. The number of hydrogen-bond acceptors (Lipinski definition) is 3. The van der Waals surface area contributed by atoms with E-state index in [1.807, 2.05) is 0 Å². The summed E-state index contributed by atoms with van der Waals surface area (Å²) < 4.78 is 51.4. The maximum atomic E-state index is 13.4. The number of hydrogen-bond donors (Lipinski definition) is 1. The van der Waals surface area contributed by atoms with Crippen molar-refractivity contribution >= 4 is 10.0 Å². The SMILES string of the molecule is CNCCN(C)S(=O)(=O)c1c(F)cccc1F. The number of rotatable bonds is 5. The fourth-order valence-electron chi connectivity index (χ4n) is 1.27. The van der Waals surface area contributed by atoms with Crippen molar-refractivity contribution in [1.82, 2.24) is 9.62 Å². The molecule has 4 nitrogen and oxygen atoms in total. The highest BCUT2D eigenvalue weighted by Crippen LogP contribution is 2.21. The van der Waals surface area contributed by atoms with Crippen LogP contribution in [0.1, 0.15) is 0 Å². The highest BCUT2D eigenvalue weighted by Gasteiger charge is 2.27. The lowest BCUT2D eigenvalue weighted by Gasteiger charge is -2.17. The first-order chi connectivity index (χ1) is 7.91. The number of benzene rings is 1. The molecule has 0 saturated carbocycles. The first kappa shape index (κ1) is 14.0. The van der Waals surface area contributed by atoms with Crippen LogP contribution in [-0.2, 0) is 10.0 Å². The van der Waals surface area contributed by atoms with Crippen LogP contribution in [0.15, 0.2) is 23.1 Å². The topological polar surface area (TPSA) is 49.4 Å². The minimum absolute atomic E-state index is 0.132. The molecule has 17 heavy (non-hydrogen) atoms. The van der Waals surface area contributed by atoms with Gasteiger partial charge in [0, 0.05) is 20.1 Å². The van der Waals surface area contributed by atoms with Crippen molar-refractivity contribution in [3.05, 3.63) is 29.8 Å². The number of likely N-dealkylation sites (N-methyl/N-ethyl adjacent to an activating group) is 2. The van der Waals surface area contributed by atoms with Crippen molar-refractivity contribution in [1.29, 1.82) is 0 Å². The Morgan fingerprint density at radius 3 is 2.29 bits per heavy atom. The molecule has 0 unspecified atom stereocenters. The summed E-state index contributed by atoms with van der Waals surface area (Å²) in [5, 5.41) is 2.76. The third-order valence-electron chi connectivity index (χ3n) is 2.26. The third-order valence-corrected chi connectivity index (χ3v) is 4.17. The van der Waals surface area contributed by atoms with Gasteiger partial charge in [0.25, 0.3) is 0 Å². The van der Waals surface area contributed by atoms with E-state index in [0.29, 0.717) is 6.54 Å². The Balaban J connectivity index is 3.13. The lowest BCUT2D eigenvalue weighted by atomic mass is 10.3. The first-order valence-corrected chi connectivity index (χ1v) is 6.40. The fraction of sp³-hybridized carbons (Fsp3) is 0.400. The molecule has 0 fully saturated rings. The Labute approximate surface area is 99.3 Å². The fourth-order valence-corrected chi connectivity index (χ4v) is 2.55. The maximum absolute atomic E-state index is 13.4. The quantitative estimate of drug-likeness (QED) is 0.856. The predicted octanol–water partition coefficient (Wildman–Crippen LogP) is 0.805. The van der Waals surface area contributed by atoms with Crippen LogP contribution in [0.2, 0.25) is 0 Å². The highest BCUT2D eigenvalue weighted by molar-refractivity contribution is 7.89. The molecule has 7 heteroatoms. The van der Waals surface area contributed by atoms with Crippen LogP contribution in [0.5, 0.6) is 0 Å². The summed E-state index contributed by atoms with van der Waals surface area (Å²) >= 11 is 0. The number of nitrogens with zero attached hydrogens (tertiary/aromatic N) is 1. The molecular formula is C10H14F2N2O2S. The van der Waals surface area contributed by atoms with Gasteiger partial charge in [0.2, 0.25) is 10.0 Å². The molecule has 0 aliphatic carbocycles. The van der Waals surface area contributed by atoms with E-state index >= 15 is 0 Å². The second-order valence-corrected chi connectivity index (χ2v) is 5.46. The van der Waals surface area contributed by atoms with Crippen LogP contribution in [0, 0.1) is 11.6 Å². The maximum Gasteiger partial charge on any atom is 0.248 e. The van der Waals surface area contributed by atoms with Gasteiger partial charge in [0.1, 0.15) is 11.6 Å². The molecule has 96 valence electrons. The van der Waals surface area contributed by atoms with Crippen LogP contribution in [-0.4, -0.2) is 39.9 Å². The van der Waals surface area contributed by atoms with E-state index in [4.69, 9.17) is 0 Å². The molecule has 0 aromatic heterocycles. The van der Waals surface area contributed by atoms with Gasteiger partial charge in [0.15, 0.2) is 4.90 Å². The average Bonchev–Trinajstić information content (AvgIpc) is 2.25. The molecule has 1 aromatic carbocycles. The van der Waals surface area contributed by atoms with E-state index < -0.39 is 26.6 Å². The molecule has 0 aliphatic rings. The summed E-state index contributed by atoms with van der Waals surface area (Å²) in [6, 6.07) is 2.96. The first-order valence-electron chi connectivity index (χ1n) is 4.96. The van der Waals surface area contributed by atoms with Gasteiger partial charge in [-0.2, -0.15) is 4.31 Å². The zero-order valence-corrected chi connectivity index (χ0v) is 10.4.